The van der Waals surface area contributed by atoms with Crippen LogP contribution in [0.1, 0.15) is 38.5 Å². The van der Waals surface area contributed by atoms with Gasteiger partial charge >= 0.3 is 11.9 Å². The van der Waals surface area contributed by atoms with E-state index in [4.69, 9.17) is 15.4 Å². The van der Waals surface area contributed by atoms with E-state index in [0.29, 0.717) is 16.7 Å². The van der Waals surface area contributed by atoms with Gasteiger partial charge in [-0.3, -0.25) is 19.2 Å². The average Bonchev–Trinajstić information content (AvgIpc) is 3.14. The van der Waals surface area contributed by atoms with Crippen molar-refractivity contribution in [2.24, 2.45) is 5.73 Å². The van der Waals surface area contributed by atoms with E-state index in [0.717, 1.165) is 0 Å². The Morgan fingerprint density at radius 2 is 1.11 bits per heavy atom. The molecule has 0 saturated carbocycles. The average molecular weight is 398 g/mol. The lowest BCUT2D eigenvalue weighted by atomic mass is 10.3. The SMILES string of the molecule is NCCN(CCC(=O)ON1C(=O)CCC1=O)CCC(=O)ON1C(=O)CCC1=O. The second kappa shape index (κ2) is 9.90. The van der Waals surface area contributed by atoms with Gasteiger partial charge in [0.2, 0.25) is 0 Å². The zero-order valence-electron chi connectivity index (χ0n) is 15.3. The predicted octanol–water partition coefficient (Wildman–Crippen LogP) is -1.76. The molecule has 28 heavy (non-hydrogen) atoms. The number of nitrogens with two attached hydrogens (primary N) is 1. The molecule has 0 aromatic heterocycles. The molecule has 0 bridgehead atoms. The molecular formula is C16H22N4O8. The highest BCUT2D eigenvalue weighted by Crippen LogP contribution is 2.14. The maximum Gasteiger partial charge on any atom is 0.334 e. The van der Waals surface area contributed by atoms with Gasteiger partial charge in [-0.05, 0) is 0 Å². The van der Waals surface area contributed by atoms with Crippen LogP contribution < -0.4 is 5.73 Å². The van der Waals surface area contributed by atoms with Crippen LogP contribution in [0.2, 0.25) is 0 Å². The molecule has 0 radical (unpaired) electrons. The summed E-state index contributed by atoms with van der Waals surface area (Å²) >= 11 is 0. The van der Waals surface area contributed by atoms with Crippen LogP contribution in [0.15, 0.2) is 0 Å². The summed E-state index contributed by atoms with van der Waals surface area (Å²) in [5.41, 5.74) is 5.51. The van der Waals surface area contributed by atoms with E-state index in [1.165, 1.54) is 0 Å². The molecule has 0 atom stereocenters. The Balaban J connectivity index is 1.74. The number of amides is 4. The van der Waals surface area contributed by atoms with Crippen molar-refractivity contribution < 1.29 is 38.4 Å². The van der Waals surface area contributed by atoms with E-state index in [9.17, 15) is 28.8 Å². The van der Waals surface area contributed by atoms with Crippen molar-refractivity contribution in [3.05, 3.63) is 0 Å². The summed E-state index contributed by atoms with van der Waals surface area (Å²) < 4.78 is 0. The van der Waals surface area contributed by atoms with Gasteiger partial charge in [0.15, 0.2) is 0 Å². The molecule has 2 saturated heterocycles. The quantitative estimate of drug-likeness (QED) is 0.418. The van der Waals surface area contributed by atoms with Crippen LogP contribution in [0, 0.1) is 0 Å². The van der Waals surface area contributed by atoms with Crippen molar-refractivity contribution in [1.82, 2.24) is 15.0 Å². The van der Waals surface area contributed by atoms with Crippen molar-refractivity contribution in [3.8, 4) is 0 Å². The van der Waals surface area contributed by atoms with Gasteiger partial charge in [0, 0.05) is 51.9 Å². The number of hydrogen-bond acceptors (Lipinski definition) is 10. The van der Waals surface area contributed by atoms with Gasteiger partial charge in [-0.15, -0.1) is 10.1 Å². The molecule has 2 aliphatic heterocycles. The Morgan fingerprint density at radius 1 is 0.750 bits per heavy atom. The first-order chi connectivity index (χ1) is 13.3. The van der Waals surface area contributed by atoms with E-state index < -0.39 is 35.6 Å². The molecule has 2 heterocycles. The second-order valence-electron chi connectivity index (χ2n) is 6.22. The van der Waals surface area contributed by atoms with Crippen molar-refractivity contribution >= 4 is 35.6 Å². The third-order valence-corrected chi connectivity index (χ3v) is 4.11. The highest BCUT2D eigenvalue weighted by atomic mass is 16.7. The molecule has 0 aromatic carbocycles. The molecule has 2 N–H and O–H groups in total. The molecule has 2 aliphatic rings. The summed E-state index contributed by atoms with van der Waals surface area (Å²) in [6.07, 6.45) is -0.222. The third kappa shape index (κ3) is 5.82. The van der Waals surface area contributed by atoms with Gasteiger partial charge in [0.25, 0.3) is 23.6 Å². The molecule has 0 unspecified atom stereocenters. The summed E-state index contributed by atoms with van der Waals surface area (Å²) in [7, 11) is 0. The minimum atomic E-state index is -0.763. The summed E-state index contributed by atoms with van der Waals surface area (Å²) in [6, 6.07) is 0. The van der Waals surface area contributed by atoms with Gasteiger partial charge in [-0.1, -0.05) is 0 Å². The van der Waals surface area contributed by atoms with Gasteiger partial charge in [0.1, 0.15) is 0 Å². The summed E-state index contributed by atoms with van der Waals surface area (Å²) in [5.74, 6) is -3.78. The molecule has 2 rings (SSSR count). The fourth-order valence-corrected chi connectivity index (χ4v) is 2.63. The normalized spacial score (nSPS) is 17.1. The Labute approximate surface area is 160 Å². The Bertz CT molecular complexity index is 594. The van der Waals surface area contributed by atoms with Gasteiger partial charge < -0.3 is 20.3 Å². The smallest absolute Gasteiger partial charge is 0.330 e. The van der Waals surface area contributed by atoms with Crippen LogP contribution in [0.3, 0.4) is 0 Å². The number of rotatable bonds is 10. The first-order valence-corrected chi connectivity index (χ1v) is 8.87. The highest BCUT2D eigenvalue weighted by molar-refractivity contribution is 6.02. The summed E-state index contributed by atoms with van der Waals surface area (Å²) in [5, 5.41) is 0.939. The molecular weight excluding hydrogens is 376 g/mol. The van der Waals surface area contributed by atoms with Crippen LogP contribution in [0.4, 0.5) is 0 Å². The van der Waals surface area contributed by atoms with Gasteiger partial charge in [-0.25, -0.2) is 9.59 Å². The summed E-state index contributed by atoms with van der Waals surface area (Å²) in [4.78, 5) is 80.6. The largest absolute Gasteiger partial charge is 0.334 e. The topological polar surface area (TPSA) is 157 Å². The van der Waals surface area contributed by atoms with Crippen LogP contribution >= 0.6 is 0 Å². The lowest BCUT2D eigenvalue weighted by Crippen LogP contribution is -2.37. The lowest BCUT2D eigenvalue weighted by molar-refractivity contribution is -0.198. The monoisotopic (exact) mass is 398 g/mol. The van der Waals surface area contributed by atoms with Crippen LogP contribution in [0.5, 0.6) is 0 Å². The Morgan fingerprint density at radius 3 is 1.43 bits per heavy atom. The van der Waals surface area contributed by atoms with Crippen LogP contribution in [-0.2, 0) is 38.4 Å². The zero-order valence-corrected chi connectivity index (χ0v) is 15.3. The van der Waals surface area contributed by atoms with Crippen LogP contribution in [-0.4, -0.2) is 76.8 Å². The van der Waals surface area contributed by atoms with Crippen molar-refractivity contribution in [1.29, 1.82) is 0 Å². The first kappa shape index (κ1) is 21.4. The van der Waals surface area contributed by atoms with Gasteiger partial charge in [-0.2, -0.15) is 0 Å². The van der Waals surface area contributed by atoms with Crippen molar-refractivity contribution in [3.63, 3.8) is 0 Å². The van der Waals surface area contributed by atoms with Crippen molar-refractivity contribution in [2.45, 2.75) is 38.5 Å². The molecule has 12 heteroatoms. The van der Waals surface area contributed by atoms with E-state index in [1.54, 1.807) is 4.90 Å². The van der Waals surface area contributed by atoms with E-state index in [-0.39, 0.29) is 58.2 Å². The standard InChI is InChI=1S/C16H22N4O8/c17-7-10-18(8-5-15(25)27-19-11(21)1-2-12(19)22)9-6-16(26)28-20-13(23)3-4-14(20)24/h1-10,17H2. The minimum absolute atomic E-state index is 0.00947. The van der Waals surface area contributed by atoms with Crippen molar-refractivity contribution in [2.75, 3.05) is 26.2 Å². The molecule has 0 aliphatic carbocycles. The minimum Gasteiger partial charge on any atom is -0.330 e. The van der Waals surface area contributed by atoms with E-state index in [1.807, 2.05) is 0 Å². The van der Waals surface area contributed by atoms with E-state index in [2.05, 4.69) is 0 Å². The van der Waals surface area contributed by atoms with E-state index >= 15 is 0 Å². The van der Waals surface area contributed by atoms with Gasteiger partial charge in [0.05, 0.1) is 12.8 Å². The molecule has 0 spiro atoms. The third-order valence-electron chi connectivity index (χ3n) is 4.11. The number of hydrogen-bond donors (Lipinski definition) is 1. The maximum absolute atomic E-state index is 11.8. The number of imide groups is 2. The Kier molecular flexibility index (Phi) is 7.58. The number of hydroxylamine groups is 4. The predicted molar refractivity (Wildman–Crippen MR) is 89.1 cm³/mol. The highest BCUT2D eigenvalue weighted by Gasteiger charge is 2.33. The molecule has 2 fully saturated rings. The molecule has 0 aromatic rings. The zero-order chi connectivity index (χ0) is 20.7. The molecule has 12 nitrogen and oxygen atoms in total. The maximum atomic E-state index is 11.8. The fourth-order valence-electron chi connectivity index (χ4n) is 2.63. The molecule has 4 amide bonds. The number of nitrogens with zero attached hydrogens (tertiary/aromatic N) is 3. The van der Waals surface area contributed by atoms with Crippen LogP contribution in [0.25, 0.3) is 0 Å². The second-order valence-corrected chi connectivity index (χ2v) is 6.22. The number of carbonyl (C=O) groups excluding carboxylic acids is 6. The first-order valence-electron chi connectivity index (χ1n) is 8.87. The summed E-state index contributed by atoms with van der Waals surface area (Å²) in [6.45, 7) is 0.961. The lowest BCUT2D eigenvalue weighted by Gasteiger charge is -2.21. The number of carbonyl (C=O) groups is 6. The fraction of sp³-hybridized carbons (Fsp3) is 0.625. The Hall–Kier alpha value is -2.86. The molecule has 154 valence electrons.